The second-order valence-corrected chi connectivity index (χ2v) is 9.85. The number of carbonyl (C=O) groups is 1. The molecule has 38 heavy (non-hydrogen) atoms. The van der Waals surface area contributed by atoms with Gasteiger partial charge in [0.2, 0.25) is 0 Å². The number of carboxylic acid groups (broad SMARTS) is 1. The third-order valence-corrected chi connectivity index (χ3v) is 7.09. The van der Waals surface area contributed by atoms with Crippen LogP contribution in [0, 0.1) is 0 Å². The van der Waals surface area contributed by atoms with Crippen LogP contribution in [0.25, 0.3) is 0 Å². The number of ether oxygens (including phenoxy) is 1. The van der Waals surface area contributed by atoms with E-state index in [1.54, 1.807) is 12.1 Å². The number of aromatic carboxylic acids is 1. The highest BCUT2D eigenvalue weighted by Gasteiger charge is 2.30. The summed E-state index contributed by atoms with van der Waals surface area (Å²) >= 11 is 8.03. The van der Waals surface area contributed by atoms with Crippen molar-refractivity contribution in [2.24, 2.45) is 0 Å². The van der Waals surface area contributed by atoms with Gasteiger partial charge in [-0.05, 0) is 54.2 Å². The minimum Gasteiger partial charge on any atom is -0.478 e. The van der Waals surface area contributed by atoms with Crippen molar-refractivity contribution in [1.29, 1.82) is 0 Å². The number of aromatic nitrogens is 1. The molecule has 2 heterocycles. The summed E-state index contributed by atoms with van der Waals surface area (Å²) in [5.74, 6) is -0.370. The van der Waals surface area contributed by atoms with Crippen LogP contribution in [0.2, 0.25) is 5.02 Å². The summed E-state index contributed by atoms with van der Waals surface area (Å²) in [4.78, 5) is 15.2. The van der Waals surface area contributed by atoms with Crippen molar-refractivity contribution in [3.63, 3.8) is 0 Å². The summed E-state index contributed by atoms with van der Waals surface area (Å²) in [6.45, 7) is 10.2. The lowest BCUT2D eigenvalue weighted by molar-refractivity contribution is -0.0875. The molecule has 3 atom stereocenters. The SMILES string of the molecule is C=C.CC/C=C\C(=C/CC)Cc1cc(C2CC(O)CC(CSc3ccc(C(=O)O)cn3)O2)ccc1Cl.CO. The predicted molar refractivity (Wildman–Crippen MR) is 157 cm³/mol. The molecule has 1 fully saturated rings. The lowest BCUT2D eigenvalue weighted by Crippen LogP contribution is -2.32. The van der Waals surface area contributed by atoms with E-state index in [0.717, 1.165) is 47.5 Å². The van der Waals surface area contributed by atoms with Gasteiger partial charge in [0.15, 0.2) is 0 Å². The first-order valence-electron chi connectivity index (χ1n) is 12.6. The van der Waals surface area contributed by atoms with Gasteiger partial charge in [0.05, 0.1) is 28.9 Å². The van der Waals surface area contributed by atoms with E-state index in [0.29, 0.717) is 18.6 Å². The topological polar surface area (TPSA) is 99.9 Å². The first-order chi connectivity index (χ1) is 18.4. The molecule has 3 N–H and O–H groups in total. The van der Waals surface area contributed by atoms with Crippen LogP contribution < -0.4 is 0 Å². The Bertz CT molecular complexity index is 1040. The van der Waals surface area contributed by atoms with Crippen molar-refractivity contribution in [1.82, 2.24) is 4.98 Å². The average Bonchev–Trinajstić information content (AvgIpc) is 2.94. The Morgan fingerprint density at radius 2 is 1.92 bits per heavy atom. The minimum absolute atomic E-state index is 0.137. The zero-order chi connectivity index (χ0) is 28.5. The number of allylic oxidation sites excluding steroid dienone is 4. The maximum atomic E-state index is 11.0. The summed E-state index contributed by atoms with van der Waals surface area (Å²) in [5.41, 5.74) is 3.47. The van der Waals surface area contributed by atoms with Gasteiger partial charge in [-0.15, -0.1) is 24.9 Å². The number of hydrogen-bond acceptors (Lipinski definition) is 6. The third-order valence-electron chi connectivity index (χ3n) is 5.65. The molecule has 0 amide bonds. The highest BCUT2D eigenvalue weighted by molar-refractivity contribution is 7.99. The van der Waals surface area contributed by atoms with E-state index in [-0.39, 0.29) is 17.8 Å². The smallest absolute Gasteiger partial charge is 0.337 e. The molecule has 208 valence electrons. The van der Waals surface area contributed by atoms with Gasteiger partial charge in [0, 0.05) is 36.9 Å². The first kappa shape index (κ1) is 33.6. The molecule has 2 aromatic rings. The Morgan fingerprint density at radius 3 is 2.53 bits per heavy atom. The van der Waals surface area contributed by atoms with Crippen molar-refractivity contribution >= 4 is 29.3 Å². The Labute approximate surface area is 236 Å². The zero-order valence-corrected chi connectivity index (χ0v) is 24.0. The number of hydrogen-bond donors (Lipinski definition) is 3. The van der Waals surface area contributed by atoms with Crippen LogP contribution in [0.15, 0.2) is 78.5 Å². The monoisotopic (exact) mass is 561 g/mol. The van der Waals surface area contributed by atoms with Crippen molar-refractivity contribution < 1.29 is 24.9 Å². The summed E-state index contributed by atoms with van der Waals surface area (Å²) < 4.78 is 6.36. The normalized spacial score (nSPS) is 19.2. The van der Waals surface area contributed by atoms with Gasteiger partial charge in [-0.1, -0.05) is 55.8 Å². The van der Waals surface area contributed by atoms with E-state index < -0.39 is 12.1 Å². The molecule has 1 aromatic carbocycles. The van der Waals surface area contributed by atoms with Crippen LogP contribution in [0.5, 0.6) is 0 Å². The molecule has 6 nitrogen and oxygen atoms in total. The van der Waals surface area contributed by atoms with Crippen molar-refractivity contribution in [3.05, 3.63) is 95.2 Å². The summed E-state index contributed by atoms with van der Waals surface area (Å²) in [7, 11) is 1.00. The van der Waals surface area contributed by atoms with Crippen molar-refractivity contribution in [2.45, 2.75) is 69.3 Å². The minimum atomic E-state index is -0.994. The van der Waals surface area contributed by atoms with Gasteiger partial charge in [-0.25, -0.2) is 9.78 Å². The third kappa shape index (κ3) is 11.1. The van der Waals surface area contributed by atoms with Crippen LogP contribution in [0.4, 0.5) is 0 Å². The Kier molecular flexibility index (Phi) is 16.6. The molecule has 1 saturated heterocycles. The van der Waals surface area contributed by atoms with E-state index in [1.807, 2.05) is 12.1 Å². The molecule has 0 radical (unpaired) electrons. The number of benzene rings is 1. The molecule has 3 unspecified atom stereocenters. The lowest BCUT2D eigenvalue weighted by atomic mass is 9.94. The fourth-order valence-corrected chi connectivity index (χ4v) is 5.01. The molecule has 0 saturated carbocycles. The number of rotatable bonds is 10. The van der Waals surface area contributed by atoms with Crippen molar-refractivity contribution in [2.75, 3.05) is 12.9 Å². The molecular weight excluding hydrogens is 522 g/mol. The maximum Gasteiger partial charge on any atom is 0.337 e. The van der Waals surface area contributed by atoms with Gasteiger partial charge in [0.25, 0.3) is 0 Å². The number of thioether (sulfide) groups is 1. The van der Waals surface area contributed by atoms with Crippen LogP contribution >= 0.6 is 23.4 Å². The molecule has 0 aliphatic carbocycles. The Morgan fingerprint density at radius 1 is 1.18 bits per heavy atom. The van der Waals surface area contributed by atoms with E-state index in [4.69, 9.17) is 26.6 Å². The van der Waals surface area contributed by atoms with Gasteiger partial charge < -0.3 is 20.1 Å². The molecule has 1 aromatic heterocycles. The number of aliphatic hydroxyl groups excluding tert-OH is 2. The first-order valence-corrected chi connectivity index (χ1v) is 14.0. The average molecular weight is 562 g/mol. The molecule has 3 rings (SSSR count). The second-order valence-electron chi connectivity index (χ2n) is 8.40. The highest BCUT2D eigenvalue weighted by Crippen LogP contribution is 2.35. The predicted octanol–water partition coefficient (Wildman–Crippen LogP) is 7.06. The molecule has 8 heteroatoms. The standard InChI is InChI=1S/C27H32ClNO4S.C2H4.CH4O/c1-3-5-7-18(6-4-2)12-21-13-19(8-10-24(21)28)25-15-22(30)14-23(33-25)17-34-26-11-9-20(16-29-26)27(31)32;2*1-2/h5-11,13,16,22-23,25,30H,3-4,12,14-15,17H2,1-2H3,(H,31,32);1-2H2;2H,1H3/b7-5-,18-6+;;. The van der Waals surface area contributed by atoms with Crippen LogP contribution in [-0.2, 0) is 11.2 Å². The summed E-state index contributed by atoms with van der Waals surface area (Å²) in [5, 5.41) is 28.0. The van der Waals surface area contributed by atoms with Gasteiger partial charge in [0.1, 0.15) is 0 Å². The van der Waals surface area contributed by atoms with Gasteiger partial charge in [-0.3, -0.25) is 0 Å². The number of halogens is 1. The summed E-state index contributed by atoms with van der Waals surface area (Å²) in [6, 6.07) is 9.25. The number of aliphatic hydroxyl groups is 2. The van der Waals surface area contributed by atoms with Gasteiger partial charge in [-0.2, -0.15) is 0 Å². The number of nitrogens with zero attached hydrogens (tertiary/aromatic N) is 1. The zero-order valence-electron chi connectivity index (χ0n) is 22.5. The lowest BCUT2D eigenvalue weighted by Gasteiger charge is -2.33. The molecule has 0 bridgehead atoms. The summed E-state index contributed by atoms with van der Waals surface area (Å²) in [6.07, 6.45) is 10.9. The fraction of sp³-hybridized carbons (Fsp3) is 0.400. The molecule has 1 aliphatic heterocycles. The molecule has 0 spiro atoms. The van der Waals surface area contributed by atoms with E-state index in [1.165, 1.54) is 23.5 Å². The highest BCUT2D eigenvalue weighted by atomic mass is 35.5. The Balaban J connectivity index is 0.00000172. The van der Waals surface area contributed by atoms with Crippen molar-refractivity contribution in [3.8, 4) is 0 Å². The largest absolute Gasteiger partial charge is 0.478 e. The second kappa shape index (κ2) is 18.8. The quantitative estimate of drug-likeness (QED) is 0.162. The number of carboxylic acids is 1. The van der Waals surface area contributed by atoms with E-state index in [2.05, 4.69) is 56.3 Å². The van der Waals surface area contributed by atoms with E-state index >= 15 is 0 Å². The van der Waals surface area contributed by atoms with Crippen LogP contribution in [-0.4, -0.2) is 51.3 Å². The molecular formula is C30H40ClNO5S. The molecule has 1 aliphatic rings. The van der Waals surface area contributed by atoms with Gasteiger partial charge >= 0.3 is 5.97 Å². The maximum absolute atomic E-state index is 11.0. The fourth-order valence-electron chi connectivity index (χ4n) is 3.96. The van der Waals surface area contributed by atoms with Crippen LogP contribution in [0.1, 0.15) is 67.1 Å². The number of pyridine rings is 1. The Hall–Kier alpha value is -2.42. The van der Waals surface area contributed by atoms with E-state index in [9.17, 15) is 9.90 Å². The van der Waals surface area contributed by atoms with Crippen LogP contribution in [0.3, 0.4) is 0 Å².